The highest BCUT2D eigenvalue weighted by molar-refractivity contribution is 6.06. The van der Waals surface area contributed by atoms with Crippen LogP contribution in [-0.4, -0.2) is 60.9 Å². The van der Waals surface area contributed by atoms with E-state index in [2.05, 4.69) is 20.4 Å². The number of carbonyl (C=O) groups excluding carboxylic acids is 3. The molecule has 2 aromatic carbocycles. The van der Waals surface area contributed by atoms with E-state index in [1.807, 2.05) is 56.3 Å². The lowest BCUT2D eigenvalue weighted by molar-refractivity contribution is -0.140. The predicted octanol–water partition coefficient (Wildman–Crippen LogP) is 4.82. The molecule has 6 rings (SSSR count). The van der Waals surface area contributed by atoms with E-state index in [0.29, 0.717) is 28.7 Å². The summed E-state index contributed by atoms with van der Waals surface area (Å²) in [5.41, 5.74) is 4.80. The van der Waals surface area contributed by atoms with Gasteiger partial charge < -0.3 is 10.2 Å². The van der Waals surface area contributed by atoms with E-state index < -0.39 is 11.9 Å². The Kier molecular flexibility index (Phi) is 7.37. The van der Waals surface area contributed by atoms with E-state index in [0.717, 1.165) is 28.7 Å². The molecule has 0 unspecified atom stereocenters. The van der Waals surface area contributed by atoms with Gasteiger partial charge in [-0.25, -0.2) is 14.4 Å². The maximum atomic E-state index is 15.0. The molecule has 3 atom stereocenters. The minimum atomic E-state index is -0.675. The Labute approximate surface area is 248 Å². The zero-order chi connectivity index (χ0) is 30.4. The summed E-state index contributed by atoms with van der Waals surface area (Å²) >= 11 is 0. The van der Waals surface area contributed by atoms with Crippen LogP contribution in [0.4, 0.5) is 4.39 Å². The van der Waals surface area contributed by atoms with Gasteiger partial charge in [-0.05, 0) is 68.4 Å². The molecule has 4 aromatic rings. The summed E-state index contributed by atoms with van der Waals surface area (Å²) < 4.78 is 16.5. The number of nitrogens with zero attached hydrogens (tertiary/aromatic N) is 5. The highest BCUT2D eigenvalue weighted by Crippen LogP contribution is 2.48. The Morgan fingerprint density at radius 1 is 1.00 bits per heavy atom. The topological polar surface area (TPSA) is 110 Å². The summed E-state index contributed by atoms with van der Waals surface area (Å²) in [5.74, 6) is -0.344. The van der Waals surface area contributed by atoms with Gasteiger partial charge in [-0.1, -0.05) is 35.9 Å². The number of hydrogen-bond donors (Lipinski definition) is 1. The van der Waals surface area contributed by atoms with Crippen LogP contribution in [0.1, 0.15) is 54.1 Å². The van der Waals surface area contributed by atoms with Crippen LogP contribution in [0.25, 0.3) is 27.6 Å². The van der Waals surface area contributed by atoms with Crippen LogP contribution in [0.3, 0.4) is 0 Å². The third-order valence-electron chi connectivity index (χ3n) is 8.45. The zero-order valence-electron chi connectivity index (χ0n) is 24.6. The average Bonchev–Trinajstić information content (AvgIpc) is 3.50. The summed E-state index contributed by atoms with van der Waals surface area (Å²) in [7, 11) is 0. The van der Waals surface area contributed by atoms with E-state index in [-0.39, 0.29) is 48.3 Å². The van der Waals surface area contributed by atoms with Crippen molar-refractivity contribution in [3.63, 3.8) is 0 Å². The van der Waals surface area contributed by atoms with Gasteiger partial charge >= 0.3 is 0 Å². The second-order valence-electron chi connectivity index (χ2n) is 11.5. The fourth-order valence-electron chi connectivity index (χ4n) is 5.99. The number of ketones is 1. The first kappa shape index (κ1) is 28.4. The summed E-state index contributed by atoms with van der Waals surface area (Å²) in [4.78, 5) is 49.6. The molecule has 1 aliphatic heterocycles. The first-order valence-electron chi connectivity index (χ1n) is 14.4. The fraction of sp³-hybridized carbons (Fsp3) is 0.333. The highest BCUT2D eigenvalue weighted by Gasteiger charge is 2.56. The number of hydrogen-bond acceptors (Lipinski definition) is 6. The number of piperidine rings is 1. The number of nitrogens with one attached hydrogen (secondary N) is 1. The first-order chi connectivity index (χ1) is 20.6. The molecular weight excluding hydrogens is 547 g/mol. The van der Waals surface area contributed by atoms with E-state index in [1.54, 1.807) is 24.2 Å². The molecule has 3 heterocycles. The monoisotopic (exact) mass is 580 g/mol. The molecule has 2 amide bonds. The molecule has 0 bridgehead atoms. The third-order valence-corrected chi connectivity index (χ3v) is 8.45. The van der Waals surface area contributed by atoms with E-state index >= 15 is 0 Å². The van der Waals surface area contributed by atoms with Crippen molar-refractivity contribution < 1.29 is 18.8 Å². The van der Waals surface area contributed by atoms with Crippen molar-refractivity contribution in [2.75, 3.05) is 6.54 Å². The number of aromatic nitrogens is 4. The SMILES string of the molecule is CC(=O)c1nn(CC(=O)N2[C@@H]3C[C@@H]3C[C@H]2C(=O)NC/C(F)=C(\C)c2cccc(C)c2)c2ccc(-c3cnc(C)nc3)cc12. The van der Waals surface area contributed by atoms with Crippen molar-refractivity contribution in [3.05, 3.63) is 83.3 Å². The third kappa shape index (κ3) is 5.57. The smallest absolute Gasteiger partial charge is 0.245 e. The lowest BCUT2D eigenvalue weighted by Crippen LogP contribution is -2.49. The molecule has 1 N–H and O–H groups in total. The molecule has 1 aliphatic carbocycles. The lowest BCUT2D eigenvalue weighted by Gasteiger charge is -2.27. The second-order valence-corrected chi connectivity index (χ2v) is 11.5. The van der Waals surface area contributed by atoms with Gasteiger partial charge in [0.25, 0.3) is 0 Å². The van der Waals surface area contributed by atoms with Crippen LogP contribution >= 0.6 is 0 Å². The van der Waals surface area contributed by atoms with Gasteiger partial charge in [0.2, 0.25) is 11.8 Å². The summed E-state index contributed by atoms with van der Waals surface area (Å²) in [5, 5.41) is 7.84. The highest BCUT2D eigenvalue weighted by atomic mass is 19.1. The fourth-order valence-corrected chi connectivity index (χ4v) is 5.99. The first-order valence-corrected chi connectivity index (χ1v) is 14.4. The summed E-state index contributed by atoms with van der Waals surface area (Å²) in [6.07, 6.45) is 4.84. The standard InChI is InChI=1S/C33H33FN6O3/c1-18-6-5-7-22(10-18)19(2)27(34)16-37-33(43)30-13-24-12-29(24)40(30)31(42)17-39-28-9-8-23(25-14-35-21(4)36-15-25)11-26(28)32(38-39)20(3)41/h5-11,14-15,24,29-30H,12-13,16-17H2,1-4H3,(H,37,43)/b27-19-/t24-,29-,30+/m1/s1. The molecule has 1 saturated carbocycles. The Bertz CT molecular complexity index is 1790. The molecule has 0 radical (unpaired) electrons. The number of benzene rings is 2. The van der Waals surface area contributed by atoms with Crippen molar-refractivity contribution in [1.29, 1.82) is 0 Å². The van der Waals surface area contributed by atoms with Gasteiger partial charge in [0.1, 0.15) is 29.9 Å². The Morgan fingerprint density at radius 2 is 1.77 bits per heavy atom. The molecule has 0 spiro atoms. The lowest BCUT2D eigenvalue weighted by atomic mass is 10.0. The zero-order valence-corrected chi connectivity index (χ0v) is 24.6. The van der Waals surface area contributed by atoms with Crippen LogP contribution in [0.15, 0.2) is 60.7 Å². The molecule has 43 heavy (non-hydrogen) atoms. The molecule has 2 aromatic heterocycles. The van der Waals surface area contributed by atoms with Crippen LogP contribution in [0.2, 0.25) is 0 Å². The van der Waals surface area contributed by atoms with Crippen LogP contribution in [0.5, 0.6) is 0 Å². The number of allylic oxidation sites excluding steroid dienone is 1. The van der Waals surface area contributed by atoms with Crippen LogP contribution < -0.4 is 5.32 Å². The number of halogens is 1. The van der Waals surface area contributed by atoms with Crippen molar-refractivity contribution >= 4 is 34.1 Å². The maximum absolute atomic E-state index is 15.0. The molecule has 220 valence electrons. The second kappa shape index (κ2) is 11.2. The number of carbonyl (C=O) groups is 3. The van der Waals surface area contributed by atoms with Crippen molar-refractivity contribution in [2.45, 2.75) is 59.2 Å². The molecule has 1 saturated heterocycles. The van der Waals surface area contributed by atoms with Crippen LogP contribution in [0, 0.1) is 19.8 Å². The minimum absolute atomic E-state index is 0.0140. The number of rotatable bonds is 8. The largest absolute Gasteiger partial charge is 0.348 e. The van der Waals surface area contributed by atoms with Gasteiger partial charge in [-0.2, -0.15) is 5.10 Å². The quantitative estimate of drug-likeness (QED) is 0.299. The molecule has 2 aliphatic rings. The number of likely N-dealkylation sites (tertiary alicyclic amines) is 1. The average molecular weight is 581 g/mol. The van der Waals surface area contributed by atoms with Gasteiger partial charge in [0.05, 0.1) is 12.1 Å². The van der Waals surface area contributed by atoms with Gasteiger partial charge in [-0.3, -0.25) is 19.1 Å². The van der Waals surface area contributed by atoms with Gasteiger partial charge in [0.15, 0.2) is 5.78 Å². The van der Waals surface area contributed by atoms with Gasteiger partial charge in [-0.15, -0.1) is 0 Å². The van der Waals surface area contributed by atoms with Crippen molar-refractivity contribution in [1.82, 2.24) is 30.0 Å². The number of fused-ring (bicyclic) bond motifs is 2. The normalized spacial score (nSPS) is 19.7. The number of amides is 2. The van der Waals surface area contributed by atoms with Gasteiger partial charge in [0, 0.05) is 36.3 Å². The number of aryl methyl sites for hydroxylation is 2. The van der Waals surface area contributed by atoms with E-state index in [1.165, 1.54) is 11.6 Å². The maximum Gasteiger partial charge on any atom is 0.245 e. The molecule has 9 nitrogen and oxygen atoms in total. The van der Waals surface area contributed by atoms with Crippen molar-refractivity contribution in [2.24, 2.45) is 5.92 Å². The predicted molar refractivity (Wildman–Crippen MR) is 161 cm³/mol. The van der Waals surface area contributed by atoms with Crippen LogP contribution in [-0.2, 0) is 16.1 Å². The molecule has 10 heteroatoms. The Morgan fingerprint density at radius 3 is 2.49 bits per heavy atom. The Hall–Kier alpha value is -4.73. The van der Waals surface area contributed by atoms with E-state index in [4.69, 9.17) is 0 Å². The molecular formula is C33H33FN6O3. The van der Waals surface area contributed by atoms with E-state index in [9.17, 15) is 18.8 Å². The number of Topliss-reactive ketones (excluding diaryl/α,β-unsaturated/α-hetero) is 1. The molecule has 2 fully saturated rings. The minimum Gasteiger partial charge on any atom is -0.348 e. The van der Waals surface area contributed by atoms with Crippen molar-refractivity contribution in [3.8, 4) is 11.1 Å². The Balaban J connectivity index is 1.20. The summed E-state index contributed by atoms with van der Waals surface area (Å²) in [6, 6.07) is 12.4. The summed E-state index contributed by atoms with van der Waals surface area (Å²) in [6.45, 7) is 6.52.